The van der Waals surface area contributed by atoms with Gasteiger partial charge in [0, 0.05) is 25.9 Å². The van der Waals surface area contributed by atoms with Crippen LogP contribution >= 0.6 is 0 Å². The van der Waals surface area contributed by atoms with Gasteiger partial charge in [0.25, 0.3) is 0 Å². The van der Waals surface area contributed by atoms with E-state index in [1.807, 2.05) is 14.0 Å². The zero-order valence-electron chi connectivity index (χ0n) is 21.5. The zero-order valence-corrected chi connectivity index (χ0v) is 21.5. The quantitative estimate of drug-likeness (QED) is 0.110. The van der Waals surface area contributed by atoms with Crippen LogP contribution in [0.1, 0.15) is 117 Å². The average Bonchev–Trinajstić information content (AvgIpc) is 2.80. The number of esters is 1. The van der Waals surface area contributed by atoms with Crippen molar-refractivity contribution in [2.24, 2.45) is 0 Å². The first-order valence-corrected chi connectivity index (χ1v) is 13.4. The van der Waals surface area contributed by atoms with E-state index in [1.54, 1.807) is 4.90 Å². The smallest absolute Gasteiger partial charge is 0.305 e. The molecule has 1 amide bonds. The van der Waals surface area contributed by atoms with Crippen molar-refractivity contribution < 1.29 is 14.3 Å². The van der Waals surface area contributed by atoms with Crippen LogP contribution in [0, 0.1) is 0 Å². The third-order valence-corrected chi connectivity index (χ3v) is 5.84. The van der Waals surface area contributed by atoms with Crippen LogP contribution in [0.15, 0.2) is 12.2 Å². The lowest BCUT2D eigenvalue weighted by Gasteiger charge is -2.20. The molecule has 0 heterocycles. The Morgan fingerprint density at radius 3 is 1.91 bits per heavy atom. The van der Waals surface area contributed by atoms with Gasteiger partial charge in [0.2, 0.25) is 5.91 Å². The van der Waals surface area contributed by atoms with Gasteiger partial charge >= 0.3 is 5.97 Å². The van der Waals surface area contributed by atoms with Gasteiger partial charge in [-0.25, -0.2) is 0 Å². The van der Waals surface area contributed by atoms with E-state index in [-0.39, 0.29) is 11.9 Å². The largest absolute Gasteiger partial charge is 0.464 e. The van der Waals surface area contributed by atoms with Crippen LogP contribution < -0.4 is 5.32 Å². The predicted octanol–water partition coefficient (Wildman–Crippen LogP) is 6.42. The maximum Gasteiger partial charge on any atom is 0.305 e. The van der Waals surface area contributed by atoms with Gasteiger partial charge in [0.05, 0.1) is 6.54 Å². The lowest BCUT2D eigenvalue weighted by molar-refractivity contribution is -0.146. The topological polar surface area (TPSA) is 58.6 Å². The summed E-state index contributed by atoms with van der Waals surface area (Å²) in [5.74, 6) is -0.0393. The molecule has 0 radical (unpaired) electrons. The van der Waals surface area contributed by atoms with Crippen molar-refractivity contribution in [2.45, 2.75) is 117 Å². The Morgan fingerprint density at radius 1 is 0.781 bits per heavy atom. The molecule has 0 aliphatic carbocycles. The van der Waals surface area contributed by atoms with Crippen molar-refractivity contribution >= 4 is 11.9 Å². The summed E-state index contributed by atoms with van der Waals surface area (Å²) in [6.07, 6.45) is 23.4. The molecule has 0 unspecified atom stereocenters. The van der Waals surface area contributed by atoms with E-state index in [2.05, 4.69) is 24.4 Å². The molecule has 0 spiro atoms. The van der Waals surface area contributed by atoms with Crippen molar-refractivity contribution in [2.75, 3.05) is 33.3 Å². The van der Waals surface area contributed by atoms with Gasteiger partial charge in [0.1, 0.15) is 6.61 Å². The number of carbonyl (C=O) groups is 2. The van der Waals surface area contributed by atoms with Gasteiger partial charge in [-0.15, -0.1) is 0 Å². The Kier molecular flexibility index (Phi) is 23.3. The van der Waals surface area contributed by atoms with Gasteiger partial charge in [-0.2, -0.15) is 0 Å². The SMILES string of the molecule is CCCCCCCCC/C=C\CCCCCCCC(=O)OCCN(CC)C(=O)CCNC. The highest BCUT2D eigenvalue weighted by Gasteiger charge is 2.11. The fraction of sp³-hybridized carbons (Fsp3) is 0.852. The molecule has 0 bridgehead atoms. The first-order chi connectivity index (χ1) is 15.7. The molecule has 0 aromatic carbocycles. The predicted molar refractivity (Wildman–Crippen MR) is 136 cm³/mol. The van der Waals surface area contributed by atoms with Crippen LogP contribution in [0.3, 0.4) is 0 Å². The molecule has 0 rings (SSSR count). The third-order valence-electron chi connectivity index (χ3n) is 5.84. The molecule has 0 saturated heterocycles. The number of amides is 1. The number of allylic oxidation sites excluding steroid dienone is 2. The fourth-order valence-electron chi connectivity index (χ4n) is 3.71. The normalized spacial score (nSPS) is 11.2. The van der Waals surface area contributed by atoms with Gasteiger partial charge in [-0.1, -0.05) is 76.9 Å². The maximum absolute atomic E-state index is 12.0. The number of hydrogen-bond acceptors (Lipinski definition) is 4. The van der Waals surface area contributed by atoms with E-state index < -0.39 is 0 Å². The molecular weight excluding hydrogens is 400 g/mol. The molecule has 0 aliphatic heterocycles. The van der Waals surface area contributed by atoms with Crippen LogP contribution in [0.5, 0.6) is 0 Å². The number of nitrogens with zero attached hydrogens (tertiary/aromatic N) is 1. The summed E-state index contributed by atoms with van der Waals surface area (Å²) in [5, 5.41) is 2.98. The lowest BCUT2D eigenvalue weighted by Crippen LogP contribution is -2.35. The number of carbonyl (C=O) groups excluding carboxylic acids is 2. The summed E-state index contributed by atoms with van der Waals surface area (Å²) in [5.41, 5.74) is 0. The average molecular weight is 453 g/mol. The van der Waals surface area contributed by atoms with Crippen LogP contribution in [0.4, 0.5) is 0 Å². The van der Waals surface area contributed by atoms with E-state index in [0.717, 1.165) is 12.8 Å². The number of unbranched alkanes of at least 4 members (excludes halogenated alkanes) is 12. The Bertz CT molecular complexity index is 466. The summed E-state index contributed by atoms with van der Waals surface area (Å²) in [7, 11) is 1.83. The molecule has 0 saturated carbocycles. The van der Waals surface area contributed by atoms with Crippen LogP contribution in [0.25, 0.3) is 0 Å². The second-order valence-electron chi connectivity index (χ2n) is 8.74. The minimum atomic E-state index is -0.142. The Hall–Kier alpha value is -1.36. The molecule has 0 fully saturated rings. The van der Waals surface area contributed by atoms with Crippen molar-refractivity contribution in [3.8, 4) is 0 Å². The van der Waals surface area contributed by atoms with Crippen molar-refractivity contribution in [3.05, 3.63) is 12.2 Å². The Labute approximate surface area is 198 Å². The van der Waals surface area contributed by atoms with Crippen molar-refractivity contribution in [1.82, 2.24) is 10.2 Å². The lowest BCUT2D eigenvalue weighted by atomic mass is 10.1. The van der Waals surface area contributed by atoms with Crippen molar-refractivity contribution in [3.63, 3.8) is 0 Å². The van der Waals surface area contributed by atoms with E-state index in [9.17, 15) is 9.59 Å². The summed E-state index contributed by atoms with van der Waals surface area (Å²) < 4.78 is 5.30. The number of ether oxygens (including phenoxy) is 1. The molecule has 0 aromatic heterocycles. The number of likely N-dealkylation sites (N-methyl/N-ethyl adjacent to an activating group) is 1. The van der Waals surface area contributed by atoms with E-state index in [0.29, 0.717) is 39.1 Å². The number of nitrogens with one attached hydrogen (secondary N) is 1. The molecule has 1 N–H and O–H groups in total. The van der Waals surface area contributed by atoms with E-state index in [1.165, 1.54) is 77.0 Å². The van der Waals surface area contributed by atoms with Gasteiger partial charge in [-0.3, -0.25) is 9.59 Å². The van der Waals surface area contributed by atoms with Crippen LogP contribution in [0.2, 0.25) is 0 Å². The number of rotatable bonds is 23. The Balaban J connectivity index is 3.46. The highest BCUT2D eigenvalue weighted by Crippen LogP contribution is 2.10. The Morgan fingerprint density at radius 2 is 1.34 bits per heavy atom. The second-order valence-corrected chi connectivity index (χ2v) is 8.74. The standard InChI is InChI=1S/C27H52N2O3/c1-4-6-7-8-9-10-11-12-13-14-15-16-17-18-19-20-21-27(31)32-25-24-29(5-2)26(30)22-23-28-3/h13-14,28H,4-12,15-25H2,1-3H3/b14-13-. The molecule has 0 atom stereocenters. The summed E-state index contributed by atoms with van der Waals surface area (Å²) in [6, 6.07) is 0. The highest BCUT2D eigenvalue weighted by atomic mass is 16.5. The molecule has 0 aliphatic rings. The van der Waals surface area contributed by atoms with Gasteiger partial charge < -0.3 is 15.0 Å². The minimum Gasteiger partial charge on any atom is -0.464 e. The van der Waals surface area contributed by atoms with E-state index >= 15 is 0 Å². The molecule has 5 nitrogen and oxygen atoms in total. The first kappa shape index (κ1) is 30.6. The molecule has 5 heteroatoms. The van der Waals surface area contributed by atoms with Crippen molar-refractivity contribution in [1.29, 1.82) is 0 Å². The second kappa shape index (κ2) is 24.3. The monoisotopic (exact) mass is 452 g/mol. The molecule has 0 aromatic rings. The highest BCUT2D eigenvalue weighted by molar-refractivity contribution is 5.76. The summed E-state index contributed by atoms with van der Waals surface area (Å²) >= 11 is 0. The van der Waals surface area contributed by atoms with E-state index in [4.69, 9.17) is 4.74 Å². The van der Waals surface area contributed by atoms with Crippen LogP contribution in [-0.4, -0.2) is 50.1 Å². The zero-order chi connectivity index (χ0) is 23.7. The molecular formula is C27H52N2O3. The summed E-state index contributed by atoms with van der Waals surface area (Å²) in [6.45, 7) is 6.31. The number of hydrogen-bond donors (Lipinski definition) is 1. The van der Waals surface area contributed by atoms with Crippen LogP contribution in [-0.2, 0) is 14.3 Å². The third kappa shape index (κ3) is 20.5. The maximum atomic E-state index is 12.0. The molecule has 188 valence electrons. The summed E-state index contributed by atoms with van der Waals surface area (Å²) in [4.78, 5) is 25.6. The first-order valence-electron chi connectivity index (χ1n) is 13.4. The van der Waals surface area contributed by atoms with Gasteiger partial charge in [0.15, 0.2) is 0 Å². The fourth-order valence-corrected chi connectivity index (χ4v) is 3.71. The minimum absolute atomic E-state index is 0.102. The van der Waals surface area contributed by atoms with Gasteiger partial charge in [-0.05, 0) is 46.1 Å². The molecule has 32 heavy (non-hydrogen) atoms.